The number of H-pyrrole nitrogens is 1. The van der Waals surface area contributed by atoms with Crippen LogP contribution in [0.25, 0.3) is 10.9 Å². The number of aromatic amines is 1. The van der Waals surface area contributed by atoms with E-state index < -0.39 is 11.0 Å². The molecule has 0 unspecified atom stereocenters. The number of ether oxygens (including phenoxy) is 1. The van der Waals surface area contributed by atoms with Crippen LogP contribution < -0.4 is 10.3 Å². The Bertz CT molecular complexity index is 919. The Hall–Kier alpha value is -3.22. The van der Waals surface area contributed by atoms with Crippen molar-refractivity contribution in [1.29, 1.82) is 0 Å². The lowest BCUT2D eigenvalue weighted by molar-refractivity contribution is -0.384. The van der Waals surface area contributed by atoms with Gasteiger partial charge in [0.05, 0.1) is 15.8 Å². The van der Waals surface area contributed by atoms with E-state index in [1.165, 1.54) is 24.3 Å². The minimum atomic E-state index is -0.506. The van der Waals surface area contributed by atoms with Gasteiger partial charge in [0.2, 0.25) is 0 Å². The summed E-state index contributed by atoms with van der Waals surface area (Å²) in [6.07, 6.45) is -0.506. The van der Waals surface area contributed by atoms with Crippen LogP contribution >= 0.6 is 0 Å². The van der Waals surface area contributed by atoms with Crippen molar-refractivity contribution in [1.82, 2.24) is 9.97 Å². The number of nitrogens with one attached hydrogen (secondary N) is 1. The van der Waals surface area contributed by atoms with E-state index in [9.17, 15) is 14.9 Å². The standard InChI is InChI=1S/C16H13N3O4/c1-10(23-12-8-6-11(7-9-12)19(21)22)15-17-14-5-3-2-4-13(14)16(20)18-15/h2-10H,1H3,(H,17,18,20)/t10-/m0/s1. The molecule has 3 aromatic rings. The molecule has 1 N–H and O–H groups in total. The number of nitro benzene ring substituents is 1. The Morgan fingerprint density at radius 3 is 2.57 bits per heavy atom. The van der Waals surface area contributed by atoms with E-state index >= 15 is 0 Å². The Kier molecular flexibility index (Phi) is 3.76. The van der Waals surface area contributed by atoms with Gasteiger partial charge in [0.15, 0.2) is 11.9 Å². The minimum absolute atomic E-state index is 0.0118. The van der Waals surface area contributed by atoms with Gasteiger partial charge in [-0.25, -0.2) is 4.98 Å². The molecule has 116 valence electrons. The molecule has 3 rings (SSSR count). The molecular weight excluding hydrogens is 298 g/mol. The van der Waals surface area contributed by atoms with Crippen LogP contribution in [0, 0.1) is 10.1 Å². The van der Waals surface area contributed by atoms with E-state index in [1.54, 1.807) is 31.2 Å². The van der Waals surface area contributed by atoms with Gasteiger partial charge in [0.1, 0.15) is 5.75 Å². The van der Waals surface area contributed by atoms with Crippen LogP contribution in [0.3, 0.4) is 0 Å². The second-order valence-electron chi connectivity index (χ2n) is 4.98. The van der Waals surface area contributed by atoms with Gasteiger partial charge in [-0.2, -0.15) is 0 Å². The van der Waals surface area contributed by atoms with Crippen LogP contribution in [0.15, 0.2) is 53.3 Å². The molecular formula is C16H13N3O4. The highest BCUT2D eigenvalue weighted by atomic mass is 16.6. The maximum Gasteiger partial charge on any atom is 0.269 e. The number of nitrogens with zero attached hydrogens (tertiary/aromatic N) is 2. The predicted molar refractivity (Wildman–Crippen MR) is 84.5 cm³/mol. The number of benzene rings is 2. The summed E-state index contributed by atoms with van der Waals surface area (Å²) in [6, 6.07) is 12.8. The van der Waals surface area contributed by atoms with Gasteiger partial charge in [-0.15, -0.1) is 0 Å². The first kappa shape index (κ1) is 14.7. The molecule has 0 aliphatic heterocycles. The van der Waals surface area contributed by atoms with Crippen LogP contribution in [0.2, 0.25) is 0 Å². The van der Waals surface area contributed by atoms with Crippen LogP contribution in [-0.4, -0.2) is 14.9 Å². The summed E-state index contributed by atoms with van der Waals surface area (Å²) < 4.78 is 5.68. The summed E-state index contributed by atoms with van der Waals surface area (Å²) in [5.74, 6) is 0.853. The van der Waals surface area contributed by atoms with Gasteiger partial charge in [-0.05, 0) is 31.2 Å². The highest BCUT2D eigenvalue weighted by Crippen LogP contribution is 2.22. The van der Waals surface area contributed by atoms with E-state index in [2.05, 4.69) is 9.97 Å². The molecule has 0 saturated heterocycles. The third-order valence-corrected chi connectivity index (χ3v) is 3.38. The lowest BCUT2D eigenvalue weighted by Gasteiger charge is -2.14. The Morgan fingerprint density at radius 1 is 1.17 bits per heavy atom. The molecule has 2 aromatic carbocycles. The number of hydrogen-bond donors (Lipinski definition) is 1. The van der Waals surface area contributed by atoms with Crippen molar-refractivity contribution >= 4 is 16.6 Å². The summed E-state index contributed by atoms with van der Waals surface area (Å²) in [6.45, 7) is 1.74. The third-order valence-electron chi connectivity index (χ3n) is 3.38. The number of rotatable bonds is 4. The minimum Gasteiger partial charge on any atom is -0.483 e. The summed E-state index contributed by atoms with van der Waals surface area (Å²) in [4.78, 5) is 29.3. The number of aromatic nitrogens is 2. The highest BCUT2D eigenvalue weighted by Gasteiger charge is 2.13. The van der Waals surface area contributed by atoms with Gasteiger partial charge < -0.3 is 9.72 Å². The van der Waals surface area contributed by atoms with E-state index in [0.29, 0.717) is 22.5 Å². The average Bonchev–Trinajstić information content (AvgIpc) is 2.55. The maximum absolute atomic E-state index is 12.0. The molecule has 0 radical (unpaired) electrons. The van der Waals surface area contributed by atoms with Crippen molar-refractivity contribution in [3.8, 4) is 5.75 Å². The molecule has 0 aliphatic rings. The summed E-state index contributed by atoms with van der Waals surface area (Å²) in [5.41, 5.74) is 0.345. The molecule has 7 nitrogen and oxygen atoms in total. The van der Waals surface area contributed by atoms with Gasteiger partial charge in [-0.1, -0.05) is 12.1 Å². The zero-order valence-electron chi connectivity index (χ0n) is 12.2. The first-order valence-corrected chi connectivity index (χ1v) is 6.94. The van der Waals surface area contributed by atoms with Crippen LogP contribution in [0.1, 0.15) is 18.9 Å². The quantitative estimate of drug-likeness (QED) is 0.590. The largest absolute Gasteiger partial charge is 0.483 e. The number of nitro groups is 1. The molecule has 0 fully saturated rings. The van der Waals surface area contributed by atoms with E-state index in [4.69, 9.17) is 4.74 Å². The smallest absolute Gasteiger partial charge is 0.269 e. The number of non-ortho nitro benzene ring substituents is 1. The normalized spacial score (nSPS) is 12.0. The number of para-hydroxylation sites is 1. The van der Waals surface area contributed by atoms with Gasteiger partial charge in [-0.3, -0.25) is 14.9 Å². The van der Waals surface area contributed by atoms with Crippen molar-refractivity contribution in [3.63, 3.8) is 0 Å². The third kappa shape index (κ3) is 3.03. The molecule has 23 heavy (non-hydrogen) atoms. The van der Waals surface area contributed by atoms with Crippen molar-refractivity contribution in [2.45, 2.75) is 13.0 Å². The summed E-state index contributed by atoms with van der Waals surface area (Å²) >= 11 is 0. The lowest BCUT2D eigenvalue weighted by Crippen LogP contribution is -2.16. The molecule has 7 heteroatoms. The molecule has 0 aliphatic carbocycles. The SMILES string of the molecule is C[C@H](Oc1ccc([N+](=O)[O-])cc1)c1nc2ccccc2c(=O)[nH]1. The topological polar surface area (TPSA) is 98.1 Å². The molecule has 0 bridgehead atoms. The van der Waals surface area contributed by atoms with Crippen molar-refractivity contribution in [2.24, 2.45) is 0 Å². The molecule has 0 spiro atoms. The highest BCUT2D eigenvalue weighted by molar-refractivity contribution is 5.77. The fraction of sp³-hybridized carbons (Fsp3) is 0.125. The first-order valence-electron chi connectivity index (χ1n) is 6.94. The number of hydrogen-bond acceptors (Lipinski definition) is 5. The van der Waals surface area contributed by atoms with E-state index in [0.717, 1.165) is 0 Å². The molecule has 1 aromatic heterocycles. The van der Waals surface area contributed by atoms with Gasteiger partial charge in [0, 0.05) is 12.1 Å². The fourth-order valence-corrected chi connectivity index (χ4v) is 2.20. The second kappa shape index (κ2) is 5.88. The lowest BCUT2D eigenvalue weighted by atomic mass is 10.2. The van der Waals surface area contributed by atoms with Crippen LogP contribution in [-0.2, 0) is 0 Å². The Balaban J connectivity index is 1.87. The molecule has 0 amide bonds. The maximum atomic E-state index is 12.0. The number of fused-ring (bicyclic) bond motifs is 1. The van der Waals surface area contributed by atoms with Crippen LogP contribution in [0.5, 0.6) is 5.75 Å². The summed E-state index contributed by atoms with van der Waals surface area (Å²) in [7, 11) is 0. The van der Waals surface area contributed by atoms with Crippen molar-refractivity contribution in [2.75, 3.05) is 0 Å². The Labute approximate surface area is 130 Å². The molecule has 1 atom stereocenters. The van der Waals surface area contributed by atoms with Crippen molar-refractivity contribution in [3.05, 3.63) is 74.8 Å². The van der Waals surface area contributed by atoms with E-state index in [-0.39, 0.29) is 11.2 Å². The van der Waals surface area contributed by atoms with Crippen molar-refractivity contribution < 1.29 is 9.66 Å². The predicted octanol–water partition coefficient (Wildman–Crippen LogP) is 2.97. The zero-order valence-corrected chi connectivity index (χ0v) is 12.2. The summed E-state index contributed by atoms with van der Waals surface area (Å²) in [5, 5.41) is 11.1. The molecule has 1 heterocycles. The van der Waals surface area contributed by atoms with Gasteiger partial charge >= 0.3 is 0 Å². The van der Waals surface area contributed by atoms with E-state index in [1.807, 2.05) is 0 Å². The monoisotopic (exact) mass is 311 g/mol. The zero-order chi connectivity index (χ0) is 16.4. The molecule has 0 saturated carbocycles. The first-order chi connectivity index (χ1) is 11.0. The van der Waals surface area contributed by atoms with Crippen LogP contribution in [0.4, 0.5) is 5.69 Å². The fourth-order valence-electron chi connectivity index (χ4n) is 2.20. The van der Waals surface area contributed by atoms with Gasteiger partial charge in [0.25, 0.3) is 11.2 Å². The second-order valence-corrected chi connectivity index (χ2v) is 4.98. The Morgan fingerprint density at radius 2 is 1.87 bits per heavy atom. The average molecular weight is 311 g/mol.